The normalized spacial score (nSPS) is 11.6. The quantitative estimate of drug-likeness (QED) is 0.426. The van der Waals surface area contributed by atoms with Gasteiger partial charge in [0.2, 0.25) is 5.13 Å². The first-order valence-electron chi connectivity index (χ1n) is 7.69. The maximum Gasteiger partial charge on any atom is 0.319 e. The molecule has 2 rings (SSSR count). The lowest BCUT2D eigenvalue weighted by Crippen LogP contribution is -2.19. The van der Waals surface area contributed by atoms with Crippen molar-refractivity contribution in [3.63, 3.8) is 0 Å². The topological polar surface area (TPSA) is 90.4 Å². The van der Waals surface area contributed by atoms with E-state index in [0.29, 0.717) is 33.8 Å². The van der Waals surface area contributed by atoms with Crippen molar-refractivity contribution >= 4 is 40.1 Å². The van der Waals surface area contributed by atoms with Crippen LogP contribution < -0.4 is 10.1 Å². The SMILES string of the molecule is CCOC(=O)C(CC)Sc1nnc(NC(=O)c2cccc(OC)c2)s1. The summed E-state index contributed by atoms with van der Waals surface area (Å²) in [6.07, 6.45) is 0.620. The molecule has 0 saturated carbocycles. The van der Waals surface area contributed by atoms with Crippen LogP contribution in [0.2, 0.25) is 0 Å². The molecular formula is C16H19N3O4S2. The van der Waals surface area contributed by atoms with Crippen molar-refractivity contribution in [1.82, 2.24) is 10.2 Å². The van der Waals surface area contributed by atoms with Crippen molar-refractivity contribution in [1.29, 1.82) is 0 Å². The van der Waals surface area contributed by atoms with Gasteiger partial charge in [0.15, 0.2) is 4.34 Å². The monoisotopic (exact) mass is 381 g/mol. The van der Waals surface area contributed by atoms with Crippen LogP contribution in [0.3, 0.4) is 0 Å². The third-order valence-corrected chi connectivity index (χ3v) is 5.39. The molecule has 0 spiro atoms. The molecule has 1 atom stereocenters. The molecule has 1 amide bonds. The molecule has 0 radical (unpaired) electrons. The number of methoxy groups -OCH3 is 1. The minimum absolute atomic E-state index is 0.271. The van der Waals surface area contributed by atoms with Crippen molar-refractivity contribution in [2.45, 2.75) is 29.9 Å². The first-order chi connectivity index (χ1) is 12.1. The fraction of sp³-hybridized carbons (Fsp3) is 0.375. The third kappa shape index (κ3) is 5.43. The Bertz CT molecular complexity index is 736. The summed E-state index contributed by atoms with van der Waals surface area (Å²) in [4.78, 5) is 24.1. The zero-order valence-electron chi connectivity index (χ0n) is 14.1. The van der Waals surface area contributed by atoms with Crippen molar-refractivity contribution < 1.29 is 19.1 Å². The van der Waals surface area contributed by atoms with Gasteiger partial charge in [0.1, 0.15) is 11.0 Å². The molecule has 9 heteroatoms. The maximum absolute atomic E-state index is 12.3. The summed E-state index contributed by atoms with van der Waals surface area (Å²) < 4.78 is 10.7. The molecule has 7 nitrogen and oxygen atoms in total. The number of hydrogen-bond donors (Lipinski definition) is 1. The van der Waals surface area contributed by atoms with Gasteiger partial charge in [0.05, 0.1) is 13.7 Å². The Kier molecular flexibility index (Phi) is 7.20. The molecule has 0 fully saturated rings. The van der Waals surface area contributed by atoms with E-state index in [9.17, 15) is 9.59 Å². The lowest BCUT2D eigenvalue weighted by Gasteiger charge is -2.10. The van der Waals surface area contributed by atoms with Gasteiger partial charge < -0.3 is 9.47 Å². The van der Waals surface area contributed by atoms with Gasteiger partial charge in [0.25, 0.3) is 5.91 Å². The van der Waals surface area contributed by atoms with Crippen LogP contribution in [0.15, 0.2) is 28.6 Å². The number of amides is 1. The minimum atomic E-state index is -0.338. The molecule has 1 aromatic carbocycles. The number of hydrogen-bond acceptors (Lipinski definition) is 8. The molecular weight excluding hydrogens is 362 g/mol. The molecule has 1 aromatic heterocycles. The molecule has 1 heterocycles. The van der Waals surface area contributed by atoms with Crippen molar-refractivity contribution in [2.75, 3.05) is 19.0 Å². The Morgan fingerprint density at radius 1 is 1.32 bits per heavy atom. The number of esters is 1. The number of rotatable bonds is 8. The largest absolute Gasteiger partial charge is 0.497 e. The van der Waals surface area contributed by atoms with Gasteiger partial charge in [-0.1, -0.05) is 36.1 Å². The summed E-state index contributed by atoms with van der Waals surface area (Å²) in [7, 11) is 1.54. The molecule has 0 aliphatic rings. The van der Waals surface area contributed by atoms with E-state index in [2.05, 4.69) is 15.5 Å². The van der Waals surface area contributed by atoms with E-state index in [1.54, 1.807) is 38.3 Å². The van der Waals surface area contributed by atoms with Gasteiger partial charge in [-0.3, -0.25) is 14.9 Å². The van der Waals surface area contributed by atoms with Crippen LogP contribution >= 0.6 is 23.1 Å². The number of thioether (sulfide) groups is 1. The summed E-state index contributed by atoms with van der Waals surface area (Å²) in [6, 6.07) is 6.82. The Morgan fingerprint density at radius 3 is 2.80 bits per heavy atom. The Labute approximate surface area is 154 Å². The highest BCUT2D eigenvalue weighted by Gasteiger charge is 2.21. The van der Waals surface area contributed by atoms with E-state index in [0.717, 1.165) is 0 Å². The summed E-state index contributed by atoms with van der Waals surface area (Å²) in [5, 5.41) is 10.7. The smallest absolute Gasteiger partial charge is 0.319 e. The second-order valence-electron chi connectivity index (χ2n) is 4.83. The van der Waals surface area contributed by atoms with Gasteiger partial charge >= 0.3 is 5.97 Å². The van der Waals surface area contributed by atoms with Gasteiger partial charge in [-0.25, -0.2) is 0 Å². The Morgan fingerprint density at radius 2 is 2.12 bits per heavy atom. The van der Waals surface area contributed by atoms with Gasteiger partial charge in [-0.05, 0) is 31.5 Å². The van der Waals surface area contributed by atoms with Crippen molar-refractivity contribution in [3.8, 4) is 5.75 Å². The third-order valence-electron chi connectivity index (χ3n) is 3.12. The second-order valence-corrected chi connectivity index (χ2v) is 7.25. The van der Waals surface area contributed by atoms with Crippen LogP contribution in [0.25, 0.3) is 0 Å². The number of ether oxygens (including phenoxy) is 2. The van der Waals surface area contributed by atoms with E-state index < -0.39 is 0 Å². The van der Waals surface area contributed by atoms with Crippen molar-refractivity contribution in [3.05, 3.63) is 29.8 Å². The summed E-state index contributed by atoms with van der Waals surface area (Å²) in [6.45, 7) is 4.02. The van der Waals surface area contributed by atoms with Crippen LogP contribution in [0.5, 0.6) is 5.75 Å². The van der Waals surface area contributed by atoms with E-state index in [1.807, 2.05) is 6.92 Å². The summed E-state index contributed by atoms with van der Waals surface area (Å²) in [5.74, 6) is 0.0255. The molecule has 0 aliphatic carbocycles. The van der Waals surface area contributed by atoms with Gasteiger partial charge in [0, 0.05) is 5.56 Å². The molecule has 1 N–H and O–H groups in total. The van der Waals surface area contributed by atoms with Crippen LogP contribution in [-0.4, -0.2) is 41.0 Å². The molecule has 0 saturated heterocycles. The molecule has 2 aromatic rings. The average molecular weight is 381 g/mol. The number of carbonyl (C=O) groups is 2. The highest BCUT2D eigenvalue weighted by atomic mass is 32.2. The fourth-order valence-corrected chi connectivity index (χ4v) is 3.81. The van der Waals surface area contributed by atoms with E-state index in [-0.39, 0.29) is 17.1 Å². The van der Waals surface area contributed by atoms with E-state index in [4.69, 9.17) is 9.47 Å². The average Bonchev–Trinajstić information content (AvgIpc) is 3.06. The number of aromatic nitrogens is 2. The minimum Gasteiger partial charge on any atom is -0.497 e. The zero-order valence-corrected chi connectivity index (χ0v) is 15.8. The van der Waals surface area contributed by atoms with Crippen LogP contribution in [0.1, 0.15) is 30.6 Å². The predicted molar refractivity (Wildman–Crippen MR) is 97.4 cm³/mol. The Balaban J connectivity index is 2.00. The van der Waals surface area contributed by atoms with Crippen LogP contribution in [0, 0.1) is 0 Å². The molecule has 0 aliphatic heterocycles. The van der Waals surface area contributed by atoms with E-state index >= 15 is 0 Å². The standard InChI is InChI=1S/C16H19N3O4S2/c1-4-12(14(21)23-5-2)24-16-19-18-15(25-16)17-13(20)10-7-6-8-11(9-10)22-3/h6-9,12H,4-5H2,1-3H3,(H,17,18,20). The predicted octanol–water partition coefficient (Wildman–Crippen LogP) is 3.23. The fourth-order valence-electron chi connectivity index (χ4n) is 1.90. The summed E-state index contributed by atoms with van der Waals surface area (Å²) in [5.41, 5.74) is 0.460. The highest BCUT2D eigenvalue weighted by Crippen LogP contribution is 2.31. The first-order valence-corrected chi connectivity index (χ1v) is 9.39. The van der Waals surface area contributed by atoms with Gasteiger partial charge in [-0.2, -0.15) is 0 Å². The van der Waals surface area contributed by atoms with Crippen LogP contribution in [0.4, 0.5) is 5.13 Å². The zero-order chi connectivity index (χ0) is 18.2. The van der Waals surface area contributed by atoms with E-state index in [1.165, 1.54) is 23.1 Å². The summed E-state index contributed by atoms with van der Waals surface area (Å²) >= 11 is 2.50. The Hall–Kier alpha value is -2.13. The highest BCUT2D eigenvalue weighted by molar-refractivity contribution is 8.02. The van der Waals surface area contributed by atoms with Crippen LogP contribution in [-0.2, 0) is 9.53 Å². The lowest BCUT2D eigenvalue weighted by atomic mass is 10.2. The van der Waals surface area contributed by atoms with Crippen molar-refractivity contribution in [2.24, 2.45) is 0 Å². The number of nitrogens with zero attached hydrogens (tertiary/aromatic N) is 2. The maximum atomic E-state index is 12.3. The number of benzene rings is 1. The number of carbonyl (C=O) groups excluding carboxylic acids is 2. The number of nitrogens with one attached hydrogen (secondary N) is 1. The second kappa shape index (κ2) is 9.38. The molecule has 0 bridgehead atoms. The first kappa shape index (κ1) is 19.2. The van der Waals surface area contributed by atoms with Gasteiger partial charge in [-0.15, -0.1) is 10.2 Å². The molecule has 25 heavy (non-hydrogen) atoms. The molecule has 1 unspecified atom stereocenters. The lowest BCUT2D eigenvalue weighted by molar-refractivity contribution is -0.142. The molecule has 134 valence electrons. The number of anilines is 1.